The van der Waals surface area contributed by atoms with Crippen molar-refractivity contribution in [2.75, 3.05) is 16.8 Å². The predicted octanol–water partition coefficient (Wildman–Crippen LogP) is 4.07. The van der Waals surface area contributed by atoms with Gasteiger partial charge in [0.15, 0.2) is 0 Å². The first-order valence-corrected chi connectivity index (χ1v) is 7.87. The molecule has 0 aliphatic heterocycles. The molecular weight excluding hydrogens is 336 g/mol. The summed E-state index contributed by atoms with van der Waals surface area (Å²) in [7, 11) is 0. The molecule has 0 saturated heterocycles. The first-order valence-electron chi connectivity index (χ1n) is 6.09. The van der Waals surface area contributed by atoms with Crippen LogP contribution in [-0.4, -0.2) is 11.7 Å². The van der Waals surface area contributed by atoms with Gasteiger partial charge in [-0.25, -0.2) is 0 Å². The Bertz CT molecular complexity index is 631. The molecule has 3 N–H and O–H groups in total. The third-order valence-corrected chi connectivity index (χ3v) is 4.57. The van der Waals surface area contributed by atoms with Gasteiger partial charge in [0.25, 0.3) is 0 Å². The molecule has 0 heterocycles. The van der Waals surface area contributed by atoms with Crippen molar-refractivity contribution in [3.63, 3.8) is 0 Å². The number of aryl methyl sites for hydroxylation is 1. The molecule has 2 aromatic carbocycles. The van der Waals surface area contributed by atoms with Crippen LogP contribution in [0.2, 0.25) is 0 Å². The van der Waals surface area contributed by atoms with E-state index in [0.29, 0.717) is 11.4 Å². The van der Waals surface area contributed by atoms with E-state index in [0.717, 1.165) is 20.6 Å². The molecule has 2 aromatic rings. The van der Waals surface area contributed by atoms with Crippen molar-refractivity contribution >= 4 is 45.0 Å². The minimum absolute atomic E-state index is 0.0382. The average molecular weight is 351 g/mol. The Morgan fingerprint density at radius 2 is 2.05 bits per heavy atom. The second-order valence-corrected chi connectivity index (χ2v) is 6.21. The van der Waals surface area contributed by atoms with E-state index in [4.69, 9.17) is 5.73 Å². The van der Waals surface area contributed by atoms with Crippen molar-refractivity contribution < 1.29 is 4.79 Å². The standard InChI is InChI=1S/C15H15BrN2OS/c1-10-6-7-11(17)8-14(10)20-9-15(19)18-13-5-3-2-4-12(13)16/h2-8H,9,17H2,1H3,(H,18,19). The topological polar surface area (TPSA) is 55.1 Å². The van der Waals surface area contributed by atoms with Gasteiger partial charge in [-0.05, 0) is 52.7 Å². The Labute approximate surface area is 131 Å². The quantitative estimate of drug-likeness (QED) is 0.645. The van der Waals surface area contributed by atoms with Crippen molar-refractivity contribution in [1.82, 2.24) is 0 Å². The van der Waals surface area contributed by atoms with Crippen molar-refractivity contribution in [2.45, 2.75) is 11.8 Å². The Balaban J connectivity index is 1.96. The highest BCUT2D eigenvalue weighted by molar-refractivity contribution is 9.10. The van der Waals surface area contributed by atoms with Crippen LogP contribution < -0.4 is 11.1 Å². The molecule has 1 amide bonds. The van der Waals surface area contributed by atoms with Gasteiger partial charge in [-0.2, -0.15) is 0 Å². The molecular formula is C15H15BrN2OS. The van der Waals surface area contributed by atoms with Crippen LogP contribution in [0.4, 0.5) is 11.4 Å². The van der Waals surface area contributed by atoms with Gasteiger partial charge < -0.3 is 11.1 Å². The molecule has 2 rings (SSSR count). The van der Waals surface area contributed by atoms with E-state index in [1.165, 1.54) is 11.8 Å². The van der Waals surface area contributed by atoms with E-state index < -0.39 is 0 Å². The number of benzene rings is 2. The lowest BCUT2D eigenvalue weighted by molar-refractivity contribution is -0.113. The fourth-order valence-electron chi connectivity index (χ4n) is 1.66. The molecule has 0 unspecified atom stereocenters. The number of anilines is 2. The van der Waals surface area contributed by atoms with Gasteiger partial charge in [0.1, 0.15) is 0 Å². The Morgan fingerprint density at radius 1 is 1.30 bits per heavy atom. The number of para-hydroxylation sites is 1. The van der Waals surface area contributed by atoms with Crippen LogP contribution in [0.5, 0.6) is 0 Å². The molecule has 0 fully saturated rings. The Hall–Kier alpha value is -1.46. The van der Waals surface area contributed by atoms with E-state index >= 15 is 0 Å². The summed E-state index contributed by atoms with van der Waals surface area (Å²) in [5, 5.41) is 2.88. The summed E-state index contributed by atoms with van der Waals surface area (Å²) in [6, 6.07) is 13.3. The normalized spacial score (nSPS) is 10.3. The summed E-state index contributed by atoms with van der Waals surface area (Å²) in [6.07, 6.45) is 0. The molecule has 0 bridgehead atoms. The van der Waals surface area contributed by atoms with Crippen LogP contribution in [-0.2, 0) is 4.79 Å². The number of carbonyl (C=O) groups is 1. The van der Waals surface area contributed by atoms with Crippen molar-refractivity contribution in [3.8, 4) is 0 Å². The lowest BCUT2D eigenvalue weighted by Gasteiger charge is -2.08. The summed E-state index contributed by atoms with van der Waals surface area (Å²) >= 11 is 4.89. The van der Waals surface area contributed by atoms with Crippen molar-refractivity contribution in [3.05, 3.63) is 52.5 Å². The number of nitrogen functional groups attached to an aromatic ring is 1. The average Bonchev–Trinajstić information content (AvgIpc) is 2.42. The Kier molecular flexibility index (Phi) is 5.09. The highest BCUT2D eigenvalue weighted by Gasteiger charge is 2.07. The number of rotatable bonds is 4. The molecule has 0 spiro atoms. The fraction of sp³-hybridized carbons (Fsp3) is 0.133. The zero-order chi connectivity index (χ0) is 14.5. The monoisotopic (exact) mass is 350 g/mol. The fourth-order valence-corrected chi connectivity index (χ4v) is 2.92. The van der Waals surface area contributed by atoms with Gasteiger partial charge in [0.2, 0.25) is 5.91 Å². The second-order valence-electron chi connectivity index (χ2n) is 4.34. The van der Waals surface area contributed by atoms with E-state index in [1.54, 1.807) is 0 Å². The van der Waals surface area contributed by atoms with Crippen LogP contribution in [0.1, 0.15) is 5.56 Å². The van der Waals surface area contributed by atoms with E-state index in [1.807, 2.05) is 49.4 Å². The zero-order valence-electron chi connectivity index (χ0n) is 11.0. The SMILES string of the molecule is Cc1ccc(N)cc1SCC(=O)Nc1ccccc1Br. The second kappa shape index (κ2) is 6.81. The van der Waals surface area contributed by atoms with Gasteiger partial charge >= 0.3 is 0 Å². The lowest BCUT2D eigenvalue weighted by Crippen LogP contribution is -2.14. The maximum atomic E-state index is 12.0. The lowest BCUT2D eigenvalue weighted by atomic mass is 10.2. The minimum atomic E-state index is -0.0382. The third kappa shape index (κ3) is 4.02. The molecule has 0 aliphatic rings. The van der Waals surface area contributed by atoms with Crippen LogP contribution >= 0.6 is 27.7 Å². The molecule has 0 aliphatic carbocycles. The molecule has 0 saturated carbocycles. The van der Waals surface area contributed by atoms with E-state index in [2.05, 4.69) is 21.2 Å². The van der Waals surface area contributed by atoms with Crippen molar-refractivity contribution in [2.24, 2.45) is 0 Å². The smallest absolute Gasteiger partial charge is 0.234 e. The minimum Gasteiger partial charge on any atom is -0.399 e. The summed E-state index contributed by atoms with van der Waals surface area (Å²) < 4.78 is 0.874. The van der Waals surface area contributed by atoms with Crippen molar-refractivity contribution in [1.29, 1.82) is 0 Å². The van der Waals surface area contributed by atoms with Gasteiger partial charge in [0, 0.05) is 15.1 Å². The highest BCUT2D eigenvalue weighted by atomic mass is 79.9. The third-order valence-electron chi connectivity index (χ3n) is 2.72. The van der Waals surface area contributed by atoms with Crippen LogP contribution in [0.3, 0.4) is 0 Å². The number of carbonyl (C=O) groups excluding carboxylic acids is 1. The zero-order valence-corrected chi connectivity index (χ0v) is 13.4. The predicted molar refractivity (Wildman–Crippen MR) is 89.1 cm³/mol. The van der Waals surface area contributed by atoms with Gasteiger partial charge in [-0.15, -0.1) is 11.8 Å². The number of nitrogens with two attached hydrogens (primary N) is 1. The summed E-state index contributed by atoms with van der Waals surface area (Å²) in [4.78, 5) is 13.0. The molecule has 5 heteroatoms. The maximum absolute atomic E-state index is 12.0. The largest absolute Gasteiger partial charge is 0.399 e. The number of hydrogen-bond donors (Lipinski definition) is 2. The number of halogens is 1. The van der Waals surface area contributed by atoms with E-state index in [-0.39, 0.29) is 5.91 Å². The number of nitrogens with one attached hydrogen (secondary N) is 1. The number of hydrogen-bond acceptors (Lipinski definition) is 3. The first kappa shape index (κ1) is 14.9. The summed E-state index contributed by atoms with van der Waals surface area (Å²) in [5.41, 5.74) is 8.37. The maximum Gasteiger partial charge on any atom is 0.234 e. The molecule has 0 aromatic heterocycles. The summed E-state index contributed by atoms with van der Waals surface area (Å²) in [6.45, 7) is 2.01. The van der Waals surface area contributed by atoms with Crippen LogP contribution in [0, 0.1) is 6.92 Å². The van der Waals surface area contributed by atoms with Gasteiger partial charge in [-0.1, -0.05) is 18.2 Å². The summed E-state index contributed by atoms with van der Waals surface area (Å²) in [5.74, 6) is 0.315. The van der Waals surface area contributed by atoms with E-state index in [9.17, 15) is 4.79 Å². The number of thioether (sulfide) groups is 1. The molecule has 3 nitrogen and oxygen atoms in total. The molecule has 104 valence electrons. The van der Waals surface area contributed by atoms with Crippen LogP contribution in [0.25, 0.3) is 0 Å². The van der Waals surface area contributed by atoms with Crippen LogP contribution in [0.15, 0.2) is 51.8 Å². The number of amides is 1. The molecule has 0 atom stereocenters. The van der Waals surface area contributed by atoms with Gasteiger partial charge in [-0.3, -0.25) is 4.79 Å². The molecule has 0 radical (unpaired) electrons. The molecule has 20 heavy (non-hydrogen) atoms. The Morgan fingerprint density at radius 3 is 2.80 bits per heavy atom. The highest BCUT2D eigenvalue weighted by Crippen LogP contribution is 2.26. The first-order chi connectivity index (χ1) is 9.56. The van der Waals surface area contributed by atoms with Gasteiger partial charge in [0.05, 0.1) is 11.4 Å².